The monoisotopic (exact) mass is 239 g/mol. The number of nitrogens with two attached hydrogens (primary N) is 1. The Morgan fingerprint density at radius 2 is 2.24 bits per heavy atom. The molecule has 5 heteroatoms. The van der Waals surface area contributed by atoms with Crippen LogP contribution in [-0.4, -0.2) is 23.9 Å². The molecule has 0 saturated heterocycles. The van der Waals surface area contributed by atoms with E-state index in [1.54, 1.807) is 7.11 Å². The number of aryl methyl sites for hydroxylation is 1. The van der Waals surface area contributed by atoms with Crippen LogP contribution >= 0.6 is 0 Å². The van der Waals surface area contributed by atoms with Crippen molar-refractivity contribution in [2.45, 2.75) is 44.6 Å². The maximum atomic E-state index is 5.83. The summed E-state index contributed by atoms with van der Waals surface area (Å²) in [5.74, 6) is 2.10. The van der Waals surface area contributed by atoms with Gasteiger partial charge in [-0.1, -0.05) is 30.8 Å². The van der Waals surface area contributed by atoms with Gasteiger partial charge in [-0.25, -0.2) is 0 Å². The van der Waals surface area contributed by atoms with E-state index in [4.69, 9.17) is 15.0 Å². The maximum Gasteiger partial charge on any atom is 0.226 e. The third-order valence-electron chi connectivity index (χ3n) is 3.40. The molecule has 17 heavy (non-hydrogen) atoms. The van der Waals surface area contributed by atoms with E-state index in [1.807, 2.05) is 0 Å². The molecule has 96 valence electrons. The lowest BCUT2D eigenvalue weighted by Gasteiger charge is -2.05. The Kier molecular flexibility index (Phi) is 4.50. The summed E-state index contributed by atoms with van der Waals surface area (Å²) in [5.41, 5.74) is 5.83. The van der Waals surface area contributed by atoms with Crippen molar-refractivity contribution in [1.29, 1.82) is 0 Å². The molecule has 1 saturated carbocycles. The average Bonchev–Trinajstić information content (AvgIpc) is 2.98. The Bertz CT molecular complexity index is 334. The van der Waals surface area contributed by atoms with Crippen LogP contribution in [0.15, 0.2) is 4.52 Å². The zero-order valence-corrected chi connectivity index (χ0v) is 10.4. The molecule has 1 aromatic rings. The van der Waals surface area contributed by atoms with Crippen molar-refractivity contribution in [2.75, 3.05) is 13.7 Å². The van der Waals surface area contributed by atoms with Crippen LogP contribution in [0, 0.1) is 5.92 Å². The second-order valence-electron chi connectivity index (χ2n) is 4.80. The molecular weight excluding hydrogens is 218 g/mol. The molecule has 2 rings (SSSR count). The molecule has 1 aromatic heterocycles. The van der Waals surface area contributed by atoms with Gasteiger partial charge in [0, 0.05) is 13.5 Å². The summed E-state index contributed by atoms with van der Waals surface area (Å²) in [6.45, 7) is 0.418. The topological polar surface area (TPSA) is 74.2 Å². The van der Waals surface area contributed by atoms with Gasteiger partial charge in [0.25, 0.3) is 0 Å². The summed E-state index contributed by atoms with van der Waals surface area (Å²) in [6.07, 6.45) is 7.48. The highest BCUT2D eigenvalue weighted by atomic mass is 16.5. The van der Waals surface area contributed by atoms with Gasteiger partial charge in [-0.3, -0.25) is 0 Å². The van der Waals surface area contributed by atoms with Crippen LogP contribution in [0.1, 0.15) is 49.9 Å². The summed E-state index contributed by atoms with van der Waals surface area (Å²) < 4.78 is 10.2. The Balaban J connectivity index is 1.80. The molecule has 0 spiro atoms. The van der Waals surface area contributed by atoms with Crippen molar-refractivity contribution in [3.8, 4) is 0 Å². The second kappa shape index (κ2) is 6.12. The first-order valence-electron chi connectivity index (χ1n) is 6.36. The summed E-state index contributed by atoms with van der Waals surface area (Å²) in [4.78, 5) is 4.31. The molecule has 1 atom stereocenters. The van der Waals surface area contributed by atoms with Gasteiger partial charge < -0.3 is 15.0 Å². The first-order chi connectivity index (χ1) is 8.29. The summed E-state index contributed by atoms with van der Waals surface area (Å²) in [7, 11) is 1.61. The van der Waals surface area contributed by atoms with Gasteiger partial charge in [-0.15, -0.1) is 0 Å². The number of nitrogens with zero attached hydrogens (tertiary/aromatic N) is 2. The summed E-state index contributed by atoms with van der Waals surface area (Å²) >= 11 is 0. The highest BCUT2D eigenvalue weighted by Crippen LogP contribution is 2.28. The summed E-state index contributed by atoms with van der Waals surface area (Å²) in [6, 6.07) is -0.288. The smallest absolute Gasteiger partial charge is 0.226 e. The molecule has 0 bridgehead atoms. The molecule has 0 aliphatic heterocycles. The van der Waals surface area contributed by atoms with Crippen molar-refractivity contribution in [1.82, 2.24) is 10.1 Å². The molecular formula is C12H21N3O2. The van der Waals surface area contributed by atoms with E-state index in [2.05, 4.69) is 10.1 Å². The van der Waals surface area contributed by atoms with Gasteiger partial charge in [-0.2, -0.15) is 4.98 Å². The Morgan fingerprint density at radius 3 is 2.94 bits per heavy atom. The zero-order valence-electron chi connectivity index (χ0n) is 10.4. The first-order valence-corrected chi connectivity index (χ1v) is 6.36. The van der Waals surface area contributed by atoms with Crippen LogP contribution in [0.4, 0.5) is 0 Å². The van der Waals surface area contributed by atoms with Crippen molar-refractivity contribution in [3.05, 3.63) is 11.7 Å². The molecule has 1 aliphatic rings. The van der Waals surface area contributed by atoms with Crippen LogP contribution in [0.3, 0.4) is 0 Å². The number of aromatic nitrogens is 2. The van der Waals surface area contributed by atoms with Crippen LogP contribution in [0.25, 0.3) is 0 Å². The maximum absolute atomic E-state index is 5.83. The normalized spacial score (nSPS) is 18.7. The Labute approximate surface area is 102 Å². The highest BCUT2D eigenvalue weighted by molar-refractivity contribution is 4.93. The van der Waals surface area contributed by atoms with Gasteiger partial charge >= 0.3 is 0 Å². The van der Waals surface area contributed by atoms with E-state index in [-0.39, 0.29) is 6.04 Å². The van der Waals surface area contributed by atoms with E-state index in [9.17, 15) is 0 Å². The summed E-state index contributed by atoms with van der Waals surface area (Å²) in [5, 5.41) is 3.89. The van der Waals surface area contributed by atoms with Crippen molar-refractivity contribution >= 4 is 0 Å². The second-order valence-corrected chi connectivity index (χ2v) is 4.80. The van der Waals surface area contributed by atoms with Crippen LogP contribution in [-0.2, 0) is 11.2 Å². The van der Waals surface area contributed by atoms with Crippen molar-refractivity contribution in [3.63, 3.8) is 0 Å². The molecule has 1 unspecified atom stereocenters. The van der Waals surface area contributed by atoms with E-state index in [0.717, 1.165) is 18.8 Å². The standard InChI is InChI=1S/C12H21N3O2/c1-16-8-10(13)12-14-11(17-15-12)7-6-9-4-2-3-5-9/h9-10H,2-8,13H2,1H3. The SMILES string of the molecule is COCC(N)c1noc(CCC2CCCC2)n1. The van der Waals surface area contributed by atoms with Crippen LogP contribution in [0.2, 0.25) is 0 Å². The molecule has 0 aromatic carbocycles. The predicted molar refractivity (Wildman–Crippen MR) is 63.4 cm³/mol. The molecule has 1 heterocycles. The highest BCUT2D eigenvalue weighted by Gasteiger charge is 2.18. The van der Waals surface area contributed by atoms with E-state index in [1.165, 1.54) is 25.7 Å². The van der Waals surface area contributed by atoms with Crippen molar-refractivity contribution in [2.24, 2.45) is 11.7 Å². The van der Waals surface area contributed by atoms with E-state index < -0.39 is 0 Å². The molecule has 1 aliphatic carbocycles. The quantitative estimate of drug-likeness (QED) is 0.819. The van der Waals surface area contributed by atoms with Gasteiger partial charge in [0.05, 0.1) is 12.6 Å². The van der Waals surface area contributed by atoms with Gasteiger partial charge in [0.15, 0.2) is 5.82 Å². The van der Waals surface area contributed by atoms with Crippen LogP contribution in [0.5, 0.6) is 0 Å². The van der Waals surface area contributed by atoms with E-state index in [0.29, 0.717) is 18.3 Å². The molecule has 1 fully saturated rings. The van der Waals surface area contributed by atoms with Gasteiger partial charge in [0.1, 0.15) is 0 Å². The molecule has 0 radical (unpaired) electrons. The lowest BCUT2D eigenvalue weighted by atomic mass is 10.0. The fourth-order valence-corrected chi connectivity index (χ4v) is 2.40. The number of hydrogen-bond donors (Lipinski definition) is 1. The lowest BCUT2D eigenvalue weighted by molar-refractivity contribution is 0.177. The lowest BCUT2D eigenvalue weighted by Crippen LogP contribution is -2.17. The Morgan fingerprint density at radius 1 is 1.47 bits per heavy atom. The number of hydrogen-bond acceptors (Lipinski definition) is 5. The van der Waals surface area contributed by atoms with Crippen molar-refractivity contribution < 1.29 is 9.26 Å². The third kappa shape index (κ3) is 3.51. The predicted octanol–water partition coefficient (Wildman–Crippen LogP) is 1.84. The van der Waals surface area contributed by atoms with E-state index >= 15 is 0 Å². The average molecular weight is 239 g/mol. The minimum absolute atomic E-state index is 0.288. The van der Waals surface area contributed by atoms with Gasteiger partial charge in [0.2, 0.25) is 5.89 Å². The number of methoxy groups -OCH3 is 1. The fourth-order valence-electron chi connectivity index (χ4n) is 2.40. The first kappa shape index (κ1) is 12.5. The minimum Gasteiger partial charge on any atom is -0.383 e. The Hall–Kier alpha value is -0.940. The molecule has 5 nitrogen and oxygen atoms in total. The zero-order chi connectivity index (χ0) is 12.1. The minimum atomic E-state index is -0.288. The molecule has 0 amide bonds. The van der Waals surface area contributed by atoms with Crippen LogP contribution < -0.4 is 5.73 Å². The number of rotatable bonds is 6. The van der Waals surface area contributed by atoms with Gasteiger partial charge in [-0.05, 0) is 12.3 Å². The largest absolute Gasteiger partial charge is 0.383 e. The molecule has 2 N–H and O–H groups in total. The number of ether oxygens (including phenoxy) is 1. The fraction of sp³-hybridized carbons (Fsp3) is 0.833. The third-order valence-corrected chi connectivity index (χ3v) is 3.40.